The fraction of sp³-hybridized carbons (Fsp3) is 0.333. The molecular weight excluding hydrogens is 416 g/mol. The molecular formula is C21H20F4N4O2. The summed E-state index contributed by atoms with van der Waals surface area (Å²) in [6, 6.07) is 5.95. The van der Waals surface area contributed by atoms with Crippen molar-refractivity contribution < 1.29 is 27.6 Å². The third-order valence-corrected chi connectivity index (χ3v) is 5.27. The van der Waals surface area contributed by atoms with Gasteiger partial charge in [0.2, 0.25) is 0 Å². The summed E-state index contributed by atoms with van der Waals surface area (Å²) in [5, 5.41) is 11.0. The maximum atomic E-state index is 13.2. The van der Waals surface area contributed by atoms with Crippen molar-refractivity contribution in [1.29, 1.82) is 0 Å². The number of carbonyl (C=O) groups is 1. The molecule has 6 nitrogen and oxygen atoms in total. The SMILES string of the molecule is CN(Cc1cn(Cc2ccc(F)cc2)c2cnc3c(c12)CCN(O)C3=O)CC(F)(F)F. The minimum atomic E-state index is -4.34. The Kier molecular flexibility index (Phi) is 5.44. The van der Waals surface area contributed by atoms with E-state index in [9.17, 15) is 27.6 Å². The van der Waals surface area contributed by atoms with E-state index in [-0.39, 0.29) is 24.6 Å². The minimum absolute atomic E-state index is 0.0138. The number of nitrogens with zero attached hydrogens (tertiary/aromatic N) is 4. The van der Waals surface area contributed by atoms with E-state index in [0.717, 1.165) is 10.5 Å². The molecule has 3 aromatic rings. The van der Waals surface area contributed by atoms with Gasteiger partial charge in [0.25, 0.3) is 5.91 Å². The summed E-state index contributed by atoms with van der Waals surface area (Å²) >= 11 is 0. The summed E-state index contributed by atoms with van der Waals surface area (Å²) in [6.07, 6.45) is -0.769. The second-order valence-corrected chi connectivity index (χ2v) is 7.72. The molecule has 31 heavy (non-hydrogen) atoms. The number of pyridine rings is 1. The third-order valence-electron chi connectivity index (χ3n) is 5.27. The molecule has 0 aliphatic carbocycles. The molecule has 3 heterocycles. The van der Waals surface area contributed by atoms with Gasteiger partial charge in [0.1, 0.15) is 11.5 Å². The van der Waals surface area contributed by atoms with E-state index in [1.165, 1.54) is 25.4 Å². The van der Waals surface area contributed by atoms with Gasteiger partial charge in [-0.3, -0.25) is 14.9 Å². The van der Waals surface area contributed by atoms with Crippen LogP contribution in [-0.4, -0.2) is 56.9 Å². The Morgan fingerprint density at radius 1 is 1.23 bits per heavy atom. The average Bonchev–Trinajstić information content (AvgIpc) is 3.02. The van der Waals surface area contributed by atoms with Crippen LogP contribution in [0.2, 0.25) is 0 Å². The Hall–Kier alpha value is -2.98. The van der Waals surface area contributed by atoms with Crippen molar-refractivity contribution in [3.05, 3.63) is 64.9 Å². The number of alkyl halides is 3. The van der Waals surface area contributed by atoms with E-state index in [1.54, 1.807) is 18.3 Å². The molecule has 1 aromatic carbocycles. The van der Waals surface area contributed by atoms with Crippen LogP contribution >= 0.6 is 0 Å². The van der Waals surface area contributed by atoms with Gasteiger partial charge in [0.05, 0.1) is 24.8 Å². The number of amides is 1. The number of hydroxylamine groups is 2. The van der Waals surface area contributed by atoms with Crippen LogP contribution in [0.25, 0.3) is 10.9 Å². The number of hydrogen-bond donors (Lipinski definition) is 1. The highest BCUT2D eigenvalue weighted by molar-refractivity contribution is 6.00. The van der Waals surface area contributed by atoms with E-state index in [1.807, 2.05) is 4.57 Å². The smallest absolute Gasteiger partial charge is 0.341 e. The zero-order chi connectivity index (χ0) is 22.3. The first-order valence-electron chi connectivity index (χ1n) is 9.62. The van der Waals surface area contributed by atoms with Gasteiger partial charge in [0, 0.05) is 24.7 Å². The first-order chi connectivity index (χ1) is 14.6. The molecule has 10 heteroatoms. The van der Waals surface area contributed by atoms with E-state index in [4.69, 9.17) is 0 Å². The third kappa shape index (κ3) is 4.40. The Morgan fingerprint density at radius 2 is 1.94 bits per heavy atom. The lowest BCUT2D eigenvalue weighted by atomic mass is 9.99. The van der Waals surface area contributed by atoms with Crippen LogP contribution in [0.3, 0.4) is 0 Å². The highest BCUT2D eigenvalue weighted by Crippen LogP contribution is 2.31. The lowest BCUT2D eigenvalue weighted by molar-refractivity contribution is -0.144. The van der Waals surface area contributed by atoms with Crippen LogP contribution in [-0.2, 0) is 19.5 Å². The van der Waals surface area contributed by atoms with Crippen molar-refractivity contribution in [2.24, 2.45) is 0 Å². The Bertz CT molecular complexity index is 1130. The fourth-order valence-electron chi connectivity index (χ4n) is 4.00. The lowest BCUT2D eigenvalue weighted by Crippen LogP contribution is -2.35. The molecule has 4 rings (SSSR count). The Morgan fingerprint density at radius 3 is 2.61 bits per heavy atom. The number of rotatable bonds is 5. The quantitative estimate of drug-likeness (QED) is 0.491. The van der Waals surface area contributed by atoms with Gasteiger partial charge in [-0.05, 0) is 42.3 Å². The molecule has 0 radical (unpaired) electrons. The van der Waals surface area contributed by atoms with Gasteiger partial charge in [-0.15, -0.1) is 0 Å². The van der Waals surface area contributed by atoms with Crippen molar-refractivity contribution in [1.82, 2.24) is 19.5 Å². The number of hydrogen-bond acceptors (Lipinski definition) is 4. The van der Waals surface area contributed by atoms with Gasteiger partial charge >= 0.3 is 6.18 Å². The Balaban J connectivity index is 1.80. The van der Waals surface area contributed by atoms with Crippen molar-refractivity contribution >= 4 is 16.8 Å². The second kappa shape index (κ2) is 7.93. The van der Waals surface area contributed by atoms with Gasteiger partial charge in [-0.2, -0.15) is 13.2 Å². The number of aromatic nitrogens is 2. The molecule has 1 N–H and O–H groups in total. The molecule has 1 aliphatic rings. The fourth-order valence-corrected chi connectivity index (χ4v) is 4.00. The molecule has 0 saturated heterocycles. The number of benzene rings is 1. The molecule has 0 bridgehead atoms. The van der Waals surface area contributed by atoms with Crippen molar-refractivity contribution in [2.45, 2.75) is 25.7 Å². The summed E-state index contributed by atoms with van der Waals surface area (Å²) in [6.45, 7) is -0.623. The first kappa shape index (κ1) is 21.3. The number of carbonyl (C=O) groups excluding carboxylic acids is 1. The summed E-state index contributed by atoms with van der Waals surface area (Å²) in [7, 11) is 1.38. The van der Waals surface area contributed by atoms with Crippen molar-refractivity contribution in [2.75, 3.05) is 20.1 Å². The van der Waals surface area contributed by atoms with Crippen LogP contribution in [0.5, 0.6) is 0 Å². The van der Waals surface area contributed by atoms with Crippen LogP contribution in [0, 0.1) is 5.82 Å². The molecule has 0 spiro atoms. The van der Waals surface area contributed by atoms with Crippen LogP contribution < -0.4 is 0 Å². The monoisotopic (exact) mass is 436 g/mol. The van der Waals surface area contributed by atoms with Gasteiger partial charge < -0.3 is 4.57 Å². The van der Waals surface area contributed by atoms with Gasteiger partial charge in [0.15, 0.2) is 0 Å². The summed E-state index contributed by atoms with van der Waals surface area (Å²) in [5.41, 5.74) is 2.81. The largest absolute Gasteiger partial charge is 0.401 e. The van der Waals surface area contributed by atoms with Crippen LogP contribution in [0.1, 0.15) is 27.2 Å². The predicted molar refractivity (Wildman–Crippen MR) is 104 cm³/mol. The standard InChI is InChI=1S/C21H20F4N4O2/c1-27(12-21(23,24)25)10-14-11-28(9-13-2-4-15(22)5-3-13)17-8-26-19-16(18(14)17)6-7-29(31)20(19)30/h2-5,8,11,31H,6-7,9-10,12H2,1H3. The molecule has 0 saturated carbocycles. The molecule has 0 atom stereocenters. The highest BCUT2D eigenvalue weighted by atomic mass is 19.4. The van der Waals surface area contributed by atoms with Crippen LogP contribution in [0.4, 0.5) is 17.6 Å². The molecule has 2 aromatic heterocycles. The van der Waals surface area contributed by atoms with E-state index < -0.39 is 18.6 Å². The summed E-state index contributed by atoms with van der Waals surface area (Å²) in [4.78, 5) is 17.7. The summed E-state index contributed by atoms with van der Waals surface area (Å²) < 4.78 is 53.6. The first-order valence-corrected chi connectivity index (χ1v) is 9.62. The van der Waals surface area contributed by atoms with Crippen molar-refractivity contribution in [3.63, 3.8) is 0 Å². The number of fused-ring (bicyclic) bond motifs is 3. The van der Waals surface area contributed by atoms with E-state index in [2.05, 4.69) is 4.98 Å². The van der Waals surface area contributed by atoms with Gasteiger partial charge in [-0.25, -0.2) is 14.4 Å². The highest BCUT2D eigenvalue weighted by Gasteiger charge is 2.31. The molecule has 1 amide bonds. The molecule has 164 valence electrons. The molecule has 0 fully saturated rings. The van der Waals surface area contributed by atoms with E-state index in [0.29, 0.717) is 40.1 Å². The zero-order valence-electron chi connectivity index (χ0n) is 16.7. The zero-order valence-corrected chi connectivity index (χ0v) is 16.7. The number of halogens is 4. The summed E-state index contributed by atoms with van der Waals surface area (Å²) in [5.74, 6) is -0.998. The predicted octanol–water partition coefficient (Wildman–Crippen LogP) is 3.61. The molecule has 1 aliphatic heterocycles. The maximum Gasteiger partial charge on any atom is 0.401 e. The van der Waals surface area contributed by atoms with Gasteiger partial charge in [-0.1, -0.05) is 12.1 Å². The topological polar surface area (TPSA) is 61.6 Å². The molecule has 0 unspecified atom stereocenters. The average molecular weight is 436 g/mol. The minimum Gasteiger partial charge on any atom is -0.341 e. The lowest BCUT2D eigenvalue weighted by Gasteiger charge is -2.23. The van der Waals surface area contributed by atoms with Crippen LogP contribution in [0.15, 0.2) is 36.7 Å². The Labute approximate surface area is 175 Å². The van der Waals surface area contributed by atoms with Crippen molar-refractivity contribution in [3.8, 4) is 0 Å². The second-order valence-electron chi connectivity index (χ2n) is 7.72. The van der Waals surface area contributed by atoms with E-state index >= 15 is 0 Å². The maximum absolute atomic E-state index is 13.2. The normalized spacial score (nSPS) is 14.5.